The maximum absolute atomic E-state index is 11.4. The number of aliphatic hydroxyl groups excluding tert-OH is 1. The molecule has 0 saturated carbocycles. The van der Waals surface area contributed by atoms with Crippen LogP contribution in [0.15, 0.2) is 0 Å². The van der Waals surface area contributed by atoms with Crippen molar-refractivity contribution in [3.05, 3.63) is 0 Å². The van der Waals surface area contributed by atoms with E-state index in [-0.39, 0.29) is 19.3 Å². The van der Waals surface area contributed by atoms with Crippen LogP contribution in [0.25, 0.3) is 0 Å². The van der Waals surface area contributed by atoms with Crippen molar-refractivity contribution in [3.63, 3.8) is 0 Å². The molecular weight excluding hydrogens is 182 g/mol. The van der Waals surface area contributed by atoms with Gasteiger partial charge in [0.1, 0.15) is 6.61 Å². The van der Waals surface area contributed by atoms with E-state index in [1.807, 2.05) is 0 Å². The van der Waals surface area contributed by atoms with Gasteiger partial charge in [-0.2, -0.15) is 0 Å². The van der Waals surface area contributed by atoms with Gasteiger partial charge in [0.2, 0.25) is 0 Å². The average Bonchev–Trinajstić information content (AvgIpc) is 2.26. The third kappa shape index (κ3) is 3.18. The van der Waals surface area contributed by atoms with Gasteiger partial charge in [0.15, 0.2) is 0 Å². The minimum Gasteiger partial charge on any atom is -0.447 e. The van der Waals surface area contributed by atoms with Gasteiger partial charge >= 0.3 is 6.09 Å². The number of likely N-dealkylation sites (tertiary alicyclic amines) is 1. The summed E-state index contributed by atoms with van der Waals surface area (Å²) >= 11 is 0. The van der Waals surface area contributed by atoms with E-state index in [0.717, 1.165) is 25.9 Å². The number of carbonyl (C=O) groups excluding carboxylic acids is 1. The molecule has 1 N–H and O–H groups in total. The highest BCUT2D eigenvalue weighted by Gasteiger charge is 2.23. The second-order valence-electron chi connectivity index (χ2n) is 3.70. The van der Waals surface area contributed by atoms with E-state index in [1.54, 1.807) is 4.90 Å². The van der Waals surface area contributed by atoms with Gasteiger partial charge in [-0.1, -0.05) is 13.3 Å². The smallest absolute Gasteiger partial charge is 0.409 e. The van der Waals surface area contributed by atoms with Crippen LogP contribution in [0.1, 0.15) is 26.2 Å². The largest absolute Gasteiger partial charge is 0.447 e. The van der Waals surface area contributed by atoms with Gasteiger partial charge in [0, 0.05) is 13.1 Å². The number of rotatable bonds is 3. The van der Waals surface area contributed by atoms with Gasteiger partial charge in [0.25, 0.3) is 0 Å². The predicted octanol–water partition coefficient (Wildman–Crippen LogP) is 1.24. The molecule has 4 nitrogen and oxygen atoms in total. The Morgan fingerprint density at radius 3 is 3.07 bits per heavy atom. The molecule has 82 valence electrons. The summed E-state index contributed by atoms with van der Waals surface area (Å²) in [5.74, 6) is 0.616. The van der Waals surface area contributed by atoms with E-state index < -0.39 is 0 Å². The number of carbonyl (C=O) groups is 1. The lowest BCUT2D eigenvalue weighted by Crippen LogP contribution is -2.40. The van der Waals surface area contributed by atoms with Gasteiger partial charge in [-0.25, -0.2) is 4.79 Å². The average molecular weight is 201 g/mol. The second-order valence-corrected chi connectivity index (χ2v) is 3.70. The van der Waals surface area contributed by atoms with E-state index >= 15 is 0 Å². The fraction of sp³-hybridized carbons (Fsp3) is 0.900. The molecule has 0 radical (unpaired) electrons. The van der Waals surface area contributed by atoms with E-state index in [4.69, 9.17) is 9.84 Å². The number of amides is 1. The number of hydrogen-bond acceptors (Lipinski definition) is 3. The van der Waals surface area contributed by atoms with Crippen molar-refractivity contribution in [2.24, 2.45) is 5.92 Å². The van der Waals surface area contributed by atoms with Crippen molar-refractivity contribution in [2.75, 3.05) is 26.3 Å². The topological polar surface area (TPSA) is 49.8 Å². The van der Waals surface area contributed by atoms with Gasteiger partial charge in [-0.15, -0.1) is 0 Å². The van der Waals surface area contributed by atoms with Crippen LogP contribution in [-0.2, 0) is 4.74 Å². The quantitative estimate of drug-likeness (QED) is 0.747. The summed E-state index contributed by atoms with van der Waals surface area (Å²) in [7, 11) is 0. The summed E-state index contributed by atoms with van der Waals surface area (Å²) in [6, 6.07) is 0. The Morgan fingerprint density at radius 2 is 2.43 bits per heavy atom. The molecule has 0 spiro atoms. The molecule has 0 aromatic carbocycles. The Morgan fingerprint density at radius 1 is 1.64 bits per heavy atom. The van der Waals surface area contributed by atoms with Gasteiger partial charge in [0.05, 0.1) is 6.61 Å². The summed E-state index contributed by atoms with van der Waals surface area (Å²) < 4.78 is 4.86. The van der Waals surface area contributed by atoms with Gasteiger partial charge < -0.3 is 14.7 Å². The lowest BCUT2D eigenvalue weighted by atomic mass is 9.96. The van der Waals surface area contributed by atoms with Crippen LogP contribution in [0.4, 0.5) is 4.79 Å². The molecular formula is C10H19NO3. The van der Waals surface area contributed by atoms with E-state index in [9.17, 15) is 4.79 Å². The Bertz CT molecular complexity index is 184. The molecule has 4 heteroatoms. The van der Waals surface area contributed by atoms with E-state index in [1.165, 1.54) is 6.42 Å². The van der Waals surface area contributed by atoms with Crippen molar-refractivity contribution in [3.8, 4) is 0 Å². The molecule has 1 amide bonds. The van der Waals surface area contributed by atoms with Crippen molar-refractivity contribution >= 4 is 6.09 Å². The molecule has 0 aliphatic carbocycles. The highest BCUT2D eigenvalue weighted by atomic mass is 16.6. The summed E-state index contributed by atoms with van der Waals surface area (Å²) in [6.45, 7) is 3.75. The van der Waals surface area contributed by atoms with Gasteiger partial charge in [-0.05, 0) is 18.8 Å². The van der Waals surface area contributed by atoms with Crippen LogP contribution < -0.4 is 0 Å². The molecule has 1 rings (SSSR count). The molecule has 1 heterocycles. The first kappa shape index (κ1) is 11.3. The molecule has 1 unspecified atom stereocenters. The van der Waals surface area contributed by atoms with Crippen LogP contribution >= 0.6 is 0 Å². The molecule has 0 aromatic rings. The van der Waals surface area contributed by atoms with Gasteiger partial charge in [-0.3, -0.25) is 0 Å². The number of nitrogens with zero attached hydrogens (tertiary/aromatic N) is 1. The highest BCUT2D eigenvalue weighted by molar-refractivity contribution is 5.67. The van der Waals surface area contributed by atoms with Crippen molar-refractivity contribution < 1.29 is 14.6 Å². The zero-order valence-electron chi connectivity index (χ0n) is 8.74. The van der Waals surface area contributed by atoms with Crippen molar-refractivity contribution in [2.45, 2.75) is 26.2 Å². The van der Waals surface area contributed by atoms with Crippen molar-refractivity contribution in [1.82, 2.24) is 4.90 Å². The summed E-state index contributed by atoms with van der Waals surface area (Å²) in [6.07, 6.45) is 3.11. The summed E-state index contributed by atoms with van der Waals surface area (Å²) in [4.78, 5) is 13.2. The van der Waals surface area contributed by atoms with Crippen LogP contribution in [0.3, 0.4) is 0 Å². The van der Waals surface area contributed by atoms with Crippen LogP contribution in [0.2, 0.25) is 0 Å². The fourth-order valence-corrected chi connectivity index (χ4v) is 1.79. The fourth-order valence-electron chi connectivity index (χ4n) is 1.79. The molecule has 1 atom stereocenters. The standard InChI is InChI=1S/C10H19NO3/c1-2-9-4-3-5-11(8-9)10(13)14-7-6-12/h9,12H,2-8H2,1H3. The highest BCUT2D eigenvalue weighted by Crippen LogP contribution is 2.19. The number of hydrogen-bond donors (Lipinski definition) is 1. The third-order valence-electron chi connectivity index (χ3n) is 2.67. The Balaban J connectivity index is 2.31. The van der Waals surface area contributed by atoms with Crippen LogP contribution in [0.5, 0.6) is 0 Å². The summed E-state index contributed by atoms with van der Waals surface area (Å²) in [5.41, 5.74) is 0. The number of aliphatic hydroxyl groups is 1. The van der Waals surface area contributed by atoms with E-state index in [2.05, 4.69) is 6.92 Å². The molecule has 0 bridgehead atoms. The molecule has 1 saturated heterocycles. The zero-order valence-corrected chi connectivity index (χ0v) is 8.74. The second kappa shape index (κ2) is 5.86. The first-order valence-electron chi connectivity index (χ1n) is 5.30. The molecule has 1 fully saturated rings. The lowest BCUT2D eigenvalue weighted by Gasteiger charge is -2.31. The monoisotopic (exact) mass is 201 g/mol. The SMILES string of the molecule is CCC1CCCN(C(=O)OCCO)C1. The first-order chi connectivity index (χ1) is 6.77. The number of piperidine rings is 1. The minimum absolute atomic E-state index is 0.100. The normalized spacial score (nSPS) is 22.1. The molecule has 1 aliphatic heterocycles. The third-order valence-corrected chi connectivity index (χ3v) is 2.67. The molecule has 14 heavy (non-hydrogen) atoms. The first-order valence-corrected chi connectivity index (χ1v) is 5.30. The Labute approximate surface area is 84.8 Å². The van der Waals surface area contributed by atoms with Crippen LogP contribution in [-0.4, -0.2) is 42.4 Å². The van der Waals surface area contributed by atoms with Crippen LogP contribution in [0, 0.1) is 5.92 Å². The minimum atomic E-state index is -0.280. The molecule has 1 aliphatic rings. The summed E-state index contributed by atoms with van der Waals surface area (Å²) in [5, 5.41) is 8.52. The lowest BCUT2D eigenvalue weighted by molar-refractivity contribution is 0.0698. The zero-order chi connectivity index (χ0) is 10.4. The molecule has 0 aromatic heterocycles. The van der Waals surface area contributed by atoms with Crippen molar-refractivity contribution in [1.29, 1.82) is 0 Å². The number of ether oxygens (including phenoxy) is 1. The Hall–Kier alpha value is -0.770. The maximum atomic E-state index is 11.4. The maximum Gasteiger partial charge on any atom is 0.409 e. The van der Waals surface area contributed by atoms with E-state index in [0.29, 0.717) is 5.92 Å². The predicted molar refractivity (Wildman–Crippen MR) is 53.0 cm³/mol. The Kier molecular flexibility index (Phi) is 4.73.